The standard InChI is InChI=1S/C10H9NO.C4H11N.CH4/c11-6-10(7-12)5-8-3-1-2-4-9(8)10;1-3-4-5-2;/h1-4,12H,5,7H2;5H,3-4H2,1-2H3;1H4. The van der Waals surface area contributed by atoms with Crippen LogP contribution in [0.2, 0.25) is 0 Å². The van der Waals surface area contributed by atoms with Crippen molar-refractivity contribution in [2.45, 2.75) is 32.6 Å². The second-order valence-corrected chi connectivity index (χ2v) is 4.29. The van der Waals surface area contributed by atoms with Gasteiger partial charge in [-0.2, -0.15) is 5.26 Å². The fourth-order valence-corrected chi connectivity index (χ4v) is 1.98. The van der Waals surface area contributed by atoms with Crippen LogP contribution in [0.5, 0.6) is 0 Å². The van der Waals surface area contributed by atoms with E-state index in [9.17, 15) is 0 Å². The van der Waals surface area contributed by atoms with Crippen LogP contribution in [-0.4, -0.2) is 25.3 Å². The van der Waals surface area contributed by atoms with Gasteiger partial charge in [-0.3, -0.25) is 0 Å². The number of aliphatic hydroxyl groups is 1. The van der Waals surface area contributed by atoms with E-state index >= 15 is 0 Å². The van der Waals surface area contributed by atoms with Crippen LogP contribution >= 0.6 is 0 Å². The third-order valence-corrected chi connectivity index (χ3v) is 3.01. The Morgan fingerprint density at radius 1 is 1.44 bits per heavy atom. The van der Waals surface area contributed by atoms with Crippen molar-refractivity contribution in [3.05, 3.63) is 35.4 Å². The molecule has 1 aromatic carbocycles. The van der Waals surface area contributed by atoms with Crippen molar-refractivity contribution >= 4 is 0 Å². The van der Waals surface area contributed by atoms with Crippen molar-refractivity contribution in [3.63, 3.8) is 0 Å². The molecule has 1 aliphatic carbocycles. The molecule has 3 nitrogen and oxygen atoms in total. The first-order valence-corrected chi connectivity index (χ1v) is 5.99. The van der Waals surface area contributed by atoms with E-state index < -0.39 is 5.41 Å². The summed E-state index contributed by atoms with van der Waals surface area (Å²) in [7, 11) is 1.96. The Morgan fingerprint density at radius 3 is 2.50 bits per heavy atom. The molecular formula is C15H24N2O. The minimum Gasteiger partial charge on any atom is -0.394 e. The summed E-state index contributed by atoms with van der Waals surface area (Å²) in [6, 6.07) is 9.94. The zero-order valence-electron chi connectivity index (χ0n) is 10.5. The van der Waals surface area contributed by atoms with Gasteiger partial charge >= 0.3 is 0 Å². The molecule has 0 bridgehead atoms. The second-order valence-electron chi connectivity index (χ2n) is 4.29. The first kappa shape index (κ1) is 16.6. The SMILES string of the molecule is C.CCCNC.N#CC1(CO)Cc2ccccc21. The van der Waals surface area contributed by atoms with Gasteiger partial charge in [-0.15, -0.1) is 0 Å². The van der Waals surface area contributed by atoms with E-state index in [-0.39, 0.29) is 14.0 Å². The Morgan fingerprint density at radius 2 is 2.11 bits per heavy atom. The molecule has 0 heterocycles. The molecule has 1 unspecified atom stereocenters. The largest absolute Gasteiger partial charge is 0.394 e. The predicted molar refractivity (Wildman–Crippen MR) is 75.5 cm³/mol. The fraction of sp³-hybridized carbons (Fsp3) is 0.533. The van der Waals surface area contributed by atoms with Crippen molar-refractivity contribution in [2.24, 2.45) is 0 Å². The number of hydrogen-bond acceptors (Lipinski definition) is 3. The summed E-state index contributed by atoms with van der Waals surface area (Å²) in [5, 5.41) is 21.0. The van der Waals surface area contributed by atoms with E-state index in [1.54, 1.807) is 0 Å². The number of nitrogens with zero attached hydrogens (tertiary/aromatic N) is 1. The lowest BCUT2D eigenvalue weighted by Crippen LogP contribution is -2.40. The summed E-state index contributed by atoms with van der Waals surface area (Å²) in [6.07, 6.45) is 1.92. The summed E-state index contributed by atoms with van der Waals surface area (Å²) < 4.78 is 0. The Bertz CT molecular complexity index is 396. The van der Waals surface area contributed by atoms with E-state index in [1.165, 1.54) is 12.0 Å². The molecule has 0 spiro atoms. The first-order chi connectivity index (χ1) is 8.24. The summed E-state index contributed by atoms with van der Waals surface area (Å²) >= 11 is 0. The monoisotopic (exact) mass is 248 g/mol. The molecule has 0 amide bonds. The zero-order valence-corrected chi connectivity index (χ0v) is 10.5. The molecule has 0 saturated carbocycles. The third kappa shape index (κ3) is 3.32. The maximum Gasteiger partial charge on any atom is 0.109 e. The molecule has 0 aromatic heterocycles. The number of nitriles is 1. The Labute approximate surface area is 110 Å². The third-order valence-electron chi connectivity index (χ3n) is 3.01. The van der Waals surface area contributed by atoms with E-state index in [0.29, 0.717) is 6.42 Å². The van der Waals surface area contributed by atoms with Crippen molar-refractivity contribution in [2.75, 3.05) is 20.2 Å². The van der Waals surface area contributed by atoms with Crippen LogP contribution < -0.4 is 5.32 Å². The van der Waals surface area contributed by atoms with E-state index in [2.05, 4.69) is 18.3 Å². The van der Waals surface area contributed by atoms with E-state index in [0.717, 1.165) is 12.1 Å². The summed E-state index contributed by atoms with van der Waals surface area (Å²) in [6.45, 7) is 3.22. The van der Waals surface area contributed by atoms with Gasteiger partial charge in [-0.05, 0) is 37.6 Å². The van der Waals surface area contributed by atoms with Gasteiger partial charge in [0.15, 0.2) is 0 Å². The van der Waals surface area contributed by atoms with Gasteiger partial charge in [0.1, 0.15) is 5.41 Å². The van der Waals surface area contributed by atoms with Gasteiger partial charge in [0.2, 0.25) is 0 Å². The molecule has 3 heteroatoms. The van der Waals surface area contributed by atoms with Gasteiger partial charge in [0.05, 0.1) is 12.7 Å². The van der Waals surface area contributed by atoms with Gasteiger partial charge in [0, 0.05) is 0 Å². The number of rotatable bonds is 3. The highest BCUT2D eigenvalue weighted by Gasteiger charge is 2.42. The summed E-state index contributed by atoms with van der Waals surface area (Å²) in [5.74, 6) is 0. The molecule has 1 aromatic rings. The van der Waals surface area contributed by atoms with Crippen LogP contribution in [0.4, 0.5) is 0 Å². The number of nitrogens with one attached hydrogen (secondary N) is 1. The molecule has 1 aliphatic rings. The summed E-state index contributed by atoms with van der Waals surface area (Å²) in [5.41, 5.74) is 1.58. The lowest BCUT2D eigenvalue weighted by Gasteiger charge is -2.36. The minimum atomic E-state index is -0.601. The first-order valence-electron chi connectivity index (χ1n) is 5.99. The van der Waals surface area contributed by atoms with Crippen LogP contribution in [0.3, 0.4) is 0 Å². The predicted octanol–water partition coefficient (Wildman–Crippen LogP) is 2.25. The van der Waals surface area contributed by atoms with Gasteiger partial charge in [-0.25, -0.2) is 0 Å². The van der Waals surface area contributed by atoms with Crippen molar-refractivity contribution in [3.8, 4) is 6.07 Å². The average Bonchev–Trinajstić information content (AvgIpc) is 2.34. The smallest absolute Gasteiger partial charge is 0.109 e. The van der Waals surface area contributed by atoms with E-state index in [1.807, 2.05) is 31.3 Å². The van der Waals surface area contributed by atoms with Crippen molar-refractivity contribution < 1.29 is 5.11 Å². The normalized spacial score (nSPS) is 19.2. The molecule has 2 rings (SSSR count). The maximum atomic E-state index is 9.06. The van der Waals surface area contributed by atoms with Crippen LogP contribution in [0.15, 0.2) is 24.3 Å². The number of hydrogen-bond donors (Lipinski definition) is 2. The highest BCUT2D eigenvalue weighted by atomic mass is 16.3. The van der Waals surface area contributed by atoms with E-state index in [4.69, 9.17) is 10.4 Å². The highest BCUT2D eigenvalue weighted by Crippen LogP contribution is 2.39. The molecule has 0 aliphatic heterocycles. The lowest BCUT2D eigenvalue weighted by atomic mass is 9.65. The molecule has 18 heavy (non-hydrogen) atoms. The van der Waals surface area contributed by atoms with Crippen LogP contribution in [-0.2, 0) is 11.8 Å². The van der Waals surface area contributed by atoms with Crippen LogP contribution in [0.25, 0.3) is 0 Å². The van der Waals surface area contributed by atoms with Gasteiger partial charge in [0.25, 0.3) is 0 Å². The number of fused-ring (bicyclic) bond motifs is 1. The van der Waals surface area contributed by atoms with Crippen molar-refractivity contribution in [1.82, 2.24) is 5.32 Å². The number of benzene rings is 1. The highest BCUT2D eigenvalue weighted by molar-refractivity contribution is 5.50. The molecule has 0 radical (unpaired) electrons. The molecular weight excluding hydrogens is 224 g/mol. The Hall–Kier alpha value is -1.37. The zero-order chi connectivity index (χ0) is 12.7. The molecule has 0 saturated heterocycles. The quantitative estimate of drug-likeness (QED) is 0.862. The van der Waals surface area contributed by atoms with Gasteiger partial charge in [-0.1, -0.05) is 38.6 Å². The average molecular weight is 248 g/mol. The minimum absolute atomic E-state index is 0. The fourth-order valence-electron chi connectivity index (χ4n) is 1.98. The van der Waals surface area contributed by atoms with Gasteiger partial charge < -0.3 is 10.4 Å². The topological polar surface area (TPSA) is 56.0 Å². The van der Waals surface area contributed by atoms with Crippen molar-refractivity contribution in [1.29, 1.82) is 5.26 Å². The molecule has 1 atom stereocenters. The van der Waals surface area contributed by atoms with Crippen LogP contribution in [0, 0.1) is 11.3 Å². The maximum absolute atomic E-state index is 9.06. The second kappa shape index (κ2) is 7.86. The Balaban J connectivity index is 0.000000421. The number of aliphatic hydroxyl groups excluding tert-OH is 1. The molecule has 100 valence electrons. The summed E-state index contributed by atoms with van der Waals surface area (Å²) in [4.78, 5) is 0. The lowest BCUT2D eigenvalue weighted by molar-refractivity contribution is 0.212. The van der Waals surface area contributed by atoms with Crippen LogP contribution in [0.1, 0.15) is 31.9 Å². The molecule has 2 N–H and O–H groups in total. The Kier molecular flexibility index (Phi) is 7.26. The molecule has 0 fully saturated rings.